The van der Waals surface area contributed by atoms with Gasteiger partial charge in [0.15, 0.2) is 5.82 Å². The second kappa shape index (κ2) is 4.14. The van der Waals surface area contributed by atoms with Crippen molar-refractivity contribution in [1.29, 1.82) is 0 Å². The standard InChI is InChI=1S/C11H19N5/c1-8(16-6-4-12-5-7-16)10-13-11(15-14-10)9-2-3-9/h8-9,12H,2-7H2,1H3,(H,13,14,15). The van der Waals surface area contributed by atoms with E-state index in [1.807, 2.05) is 0 Å². The molecule has 3 rings (SSSR count). The topological polar surface area (TPSA) is 56.8 Å². The van der Waals surface area contributed by atoms with Gasteiger partial charge in [-0.25, -0.2) is 4.98 Å². The maximum atomic E-state index is 4.62. The Labute approximate surface area is 95.6 Å². The lowest BCUT2D eigenvalue weighted by atomic mass is 10.2. The van der Waals surface area contributed by atoms with Gasteiger partial charge in [-0.3, -0.25) is 10.00 Å². The lowest BCUT2D eigenvalue weighted by Crippen LogP contribution is -2.44. The summed E-state index contributed by atoms with van der Waals surface area (Å²) in [5.74, 6) is 2.72. The van der Waals surface area contributed by atoms with E-state index in [1.165, 1.54) is 12.8 Å². The minimum atomic E-state index is 0.339. The quantitative estimate of drug-likeness (QED) is 0.787. The number of nitrogens with one attached hydrogen (secondary N) is 2. The molecule has 0 amide bonds. The number of rotatable bonds is 3. The van der Waals surface area contributed by atoms with Crippen molar-refractivity contribution in [1.82, 2.24) is 25.4 Å². The molecule has 1 aliphatic heterocycles. The molecule has 0 spiro atoms. The summed E-state index contributed by atoms with van der Waals surface area (Å²) in [7, 11) is 0. The van der Waals surface area contributed by atoms with Gasteiger partial charge in [0.2, 0.25) is 0 Å². The van der Waals surface area contributed by atoms with Crippen LogP contribution in [0.1, 0.15) is 43.4 Å². The first-order chi connectivity index (χ1) is 7.84. The van der Waals surface area contributed by atoms with Crippen molar-refractivity contribution < 1.29 is 0 Å². The molecule has 16 heavy (non-hydrogen) atoms. The van der Waals surface area contributed by atoms with E-state index in [2.05, 4.69) is 32.3 Å². The second-order valence-corrected chi connectivity index (χ2v) is 4.82. The van der Waals surface area contributed by atoms with E-state index in [9.17, 15) is 0 Å². The molecule has 1 saturated heterocycles. The van der Waals surface area contributed by atoms with E-state index in [0.29, 0.717) is 12.0 Å². The van der Waals surface area contributed by atoms with Gasteiger partial charge >= 0.3 is 0 Å². The highest BCUT2D eigenvalue weighted by atomic mass is 15.3. The molecule has 88 valence electrons. The summed E-state index contributed by atoms with van der Waals surface area (Å²) in [6.07, 6.45) is 2.55. The van der Waals surface area contributed by atoms with Gasteiger partial charge in [0, 0.05) is 32.1 Å². The predicted molar refractivity (Wildman–Crippen MR) is 61.2 cm³/mol. The molecule has 1 aliphatic carbocycles. The molecule has 2 N–H and O–H groups in total. The summed E-state index contributed by atoms with van der Waals surface area (Å²) in [6, 6.07) is 0.339. The Kier molecular flexibility index (Phi) is 2.65. The van der Waals surface area contributed by atoms with Gasteiger partial charge in [-0.05, 0) is 19.8 Å². The van der Waals surface area contributed by atoms with E-state index < -0.39 is 0 Å². The zero-order chi connectivity index (χ0) is 11.0. The van der Waals surface area contributed by atoms with Gasteiger partial charge in [0.25, 0.3) is 0 Å². The SMILES string of the molecule is CC(c1n[nH]c(C2CC2)n1)N1CCNCC1. The maximum Gasteiger partial charge on any atom is 0.167 e. The molecule has 5 nitrogen and oxygen atoms in total. The molecular weight excluding hydrogens is 202 g/mol. The van der Waals surface area contributed by atoms with E-state index in [-0.39, 0.29) is 0 Å². The first kappa shape index (κ1) is 10.2. The Balaban J connectivity index is 1.69. The predicted octanol–water partition coefficient (Wildman–Crippen LogP) is 0.648. The van der Waals surface area contributed by atoms with E-state index in [0.717, 1.165) is 37.8 Å². The number of hydrogen-bond donors (Lipinski definition) is 2. The molecule has 1 atom stereocenters. The fourth-order valence-electron chi connectivity index (χ4n) is 2.25. The van der Waals surface area contributed by atoms with Crippen LogP contribution in [0.4, 0.5) is 0 Å². The Bertz CT molecular complexity index is 351. The Morgan fingerprint density at radius 3 is 2.75 bits per heavy atom. The average Bonchev–Trinajstić information content (AvgIpc) is 3.08. The van der Waals surface area contributed by atoms with Crippen LogP contribution >= 0.6 is 0 Å². The van der Waals surface area contributed by atoms with Gasteiger partial charge in [0.05, 0.1) is 6.04 Å². The molecule has 2 aliphatic rings. The molecule has 0 radical (unpaired) electrons. The molecule has 0 bridgehead atoms. The maximum absolute atomic E-state index is 4.62. The van der Waals surface area contributed by atoms with Crippen molar-refractivity contribution in [2.45, 2.75) is 31.7 Å². The fourth-order valence-corrected chi connectivity index (χ4v) is 2.25. The highest BCUT2D eigenvalue weighted by molar-refractivity contribution is 5.06. The van der Waals surface area contributed by atoms with Crippen molar-refractivity contribution in [2.24, 2.45) is 0 Å². The highest BCUT2D eigenvalue weighted by Gasteiger charge is 2.29. The van der Waals surface area contributed by atoms with Crippen molar-refractivity contribution in [2.75, 3.05) is 26.2 Å². The zero-order valence-electron chi connectivity index (χ0n) is 9.74. The van der Waals surface area contributed by atoms with Gasteiger partial charge in [-0.2, -0.15) is 5.10 Å². The molecule has 1 aromatic rings. The Morgan fingerprint density at radius 1 is 1.31 bits per heavy atom. The number of nitrogens with zero attached hydrogens (tertiary/aromatic N) is 3. The van der Waals surface area contributed by atoms with Crippen LogP contribution in [0.2, 0.25) is 0 Å². The van der Waals surface area contributed by atoms with Crippen LogP contribution in [0, 0.1) is 0 Å². The van der Waals surface area contributed by atoms with Crippen LogP contribution in [0.3, 0.4) is 0 Å². The number of aromatic nitrogens is 3. The van der Waals surface area contributed by atoms with Gasteiger partial charge in [-0.15, -0.1) is 0 Å². The summed E-state index contributed by atoms with van der Waals surface area (Å²) >= 11 is 0. The molecule has 1 unspecified atom stereocenters. The van der Waals surface area contributed by atoms with Crippen LogP contribution in [0.15, 0.2) is 0 Å². The number of H-pyrrole nitrogens is 1. The minimum absolute atomic E-state index is 0.339. The average molecular weight is 221 g/mol. The Morgan fingerprint density at radius 2 is 2.06 bits per heavy atom. The highest BCUT2D eigenvalue weighted by Crippen LogP contribution is 2.38. The first-order valence-corrected chi connectivity index (χ1v) is 6.21. The van der Waals surface area contributed by atoms with Crippen LogP contribution in [0.25, 0.3) is 0 Å². The first-order valence-electron chi connectivity index (χ1n) is 6.21. The molecule has 1 aromatic heterocycles. The lowest BCUT2D eigenvalue weighted by molar-refractivity contribution is 0.179. The Hall–Kier alpha value is -0.940. The summed E-state index contributed by atoms with van der Waals surface area (Å²) < 4.78 is 0. The van der Waals surface area contributed by atoms with Crippen molar-refractivity contribution >= 4 is 0 Å². The fraction of sp³-hybridized carbons (Fsp3) is 0.818. The molecule has 0 aromatic carbocycles. The lowest BCUT2D eigenvalue weighted by Gasteiger charge is -2.31. The summed E-state index contributed by atoms with van der Waals surface area (Å²) in [5, 5.41) is 10.8. The van der Waals surface area contributed by atoms with Crippen LogP contribution < -0.4 is 5.32 Å². The molecule has 2 heterocycles. The molecule has 1 saturated carbocycles. The van der Waals surface area contributed by atoms with Gasteiger partial charge in [0.1, 0.15) is 5.82 Å². The number of piperazine rings is 1. The largest absolute Gasteiger partial charge is 0.314 e. The normalized spacial score (nSPS) is 24.6. The smallest absolute Gasteiger partial charge is 0.167 e. The van der Waals surface area contributed by atoms with Gasteiger partial charge < -0.3 is 5.32 Å². The van der Waals surface area contributed by atoms with Crippen molar-refractivity contribution in [3.8, 4) is 0 Å². The minimum Gasteiger partial charge on any atom is -0.314 e. The van der Waals surface area contributed by atoms with Crippen molar-refractivity contribution in [3.05, 3.63) is 11.6 Å². The van der Waals surface area contributed by atoms with Crippen LogP contribution in [0.5, 0.6) is 0 Å². The molecular formula is C11H19N5. The summed E-state index contributed by atoms with van der Waals surface area (Å²) in [6.45, 7) is 6.53. The molecule has 5 heteroatoms. The van der Waals surface area contributed by atoms with Gasteiger partial charge in [-0.1, -0.05) is 0 Å². The zero-order valence-corrected chi connectivity index (χ0v) is 9.74. The van der Waals surface area contributed by atoms with E-state index in [1.54, 1.807) is 0 Å². The van der Waals surface area contributed by atoms with Crippen LogP contribution in [-0.2, 0) is 0 Å². The monoisotopic (exact) mass is 221 g/mol. The van der Waals surface area contributed by atoms with E-state index in [4.69, 9.17) is 0 Å². The third-order valence-corrected chi connectivity index (χ3v) is 3.56. The summed E-state index contributed by atoms with van der Waals surface area (Å²) in [4.78, 5) is 7.06. The third kappa shape index (κ3) is 1.97. The number of hydrogen-bond acceptors (Lipinski definition) is 4. The molecule has 2 fully saturated rings. The van der Waals surface area contributed by atoms with Crippen molar-refractivity contribution in [3.63, 3.8) is 0 Å². The third-order valence-electron chi connectivity index (χ3n) is 3.56. The van der Waals surface area contributed by atoms with Crippen LogP contribution in [-0.4, -0.2) is 46.3 Å². The number of aromatic amines is 1. The van der Waals surface area contributed by atoms with E-state index >= 15 is 0 Å². The second-order valence-electron chi connectivity index (χ2n) is 4.82. The summed E-state index contributed by atoms with van der Waals surface area (Å²) in [5.41, 5.74) is 0.